The van der Waals surface area contributed by atoms with E-state index in [1.807, 2.05) is 0 Å². The number of aryl methyl sites for hydroxylation is 2. The minimum Gasteiger partial charge on any atom is -0.306 e. The Kier molecular flexibility index (Phi) is 7.34. The average molecular weight is 670 g/mol. The fraction of sp³-hybridized carbons (Fsp3) is 0.0833. The molecule has 2 N–H and O–H groups in total. The highest BCUT2D eigenvalue weighted by molar-refractivity contribution is 6.56. The Hall–Kier alpha value is -1.74. The summed E-state index contributed by atoms with van der Waals surface area (Å²) in [6.07, 6.45) is 0. The van der Waals surface area contributed by atoms with Gasteiger partial charge >= 0.3 is 0 Å². The van der Waals surface area contributed by atoms with Crippen molar-refractivity contribution in [2.45, 2.75) is 13.8 Å². The van der Waals surface area contributed by atoms with Gasteiger partial charge in [-0.15, -0.1) is 0 Å². The highest BCUT2D eigenvalue weighted by Crippen LogP contribution is 2.45. The molecule has 194 valence electrons. The maximum atomic E-state index is 12.6. The minimum absolute atomic E-state index is 0.0133. The smallest absolute Gasteiger partial charge is 0.259 e. The van der Waals surface area contributed by atoms with Crippen LogP contribution in [0.2, 0.25) is 40.2 Å². The number of halogens is 8. The van der Waals surface area contributed by atoms with E-state index in [2.05, 4.69) is 20.6 Å². The SMILES string of the molecule is Cc1cc(N=C2NC(=O)c3c(Cl)c(Cl)c(Cl)c(Cl)c32)c(C)cc1N=C1NC(=O)c2c(Cl)c(Cl)c(Cl)c(Cl)c21. The Bertz CT molecular complexity index is 1590. The fourth-order valence-electron chi connectivity index (χ4n) is 4.03. The highest BCUT2D eigenvalue weighted by Gasteiger charge is 2.35. The molecule has 0 fully saturated rings. The lowest BCUT2D eigenvalue weighted by Gasteiger charge is -2.11. The third-order valence-electron chi connectivity index (χ3n) is 5.90. The van der Waals surface area contributed by atoms with E-state index in [9.17, 15) is 9.59 Å². The molecular formula is C24H10Cl8N4O2. The van der Waals surface area contributed by atoms with Crippen LogP contribution < -0.4 is 10.6 Å². The molecule has 0 unspecified atom stereocenters. The van der Waals surface area contributed by atoms with Crippen molar-refractivity contribution in [1.82, 2.24) is 10.6 Å². The van der Waals surface area contributed by atoms with Crippen molar-refractivity contribution in [1.29, 1.82) is 0 Å². The van der Waals surface area contributed by atoms with Gasteiger partial charge in [0.05, 0.1) is 73.8 Å². The van der Waals surface area contributed by atoms with Crippen LogP contribution in [-0.4, -0.2) is 23.5 Å². The van der Waals surface area contributed by atoms with Crippen LogP contribution >= 0.6 is 92.8 Å². The maximum absolute atomic E-state index is 12.6. The number of benzene rings is 3. The molecule has 0 radical (unpaired) electrons. The predicted octanol–water partition coefficient (Wildman–Crippen LogP) is 9.17. The zero-order chi connectivity index (χ0) is 27.8. The summed E-state index contributed by atoms with van der Waals surface area (Å²) < 4.78 is 0. The number of amides is 2. The summed E-state index contributed by atoms with van der Waals surface area (Å²) in [5.74, 6) is -0.679. The van der Waals surface area contributed by atoms with Crippen LogP contribution in [0, 0.1) is 13.8 Å². The first kappa shape index (κ1) is 27.8. The predicted molar refractivity (Wildman–Crippen MR) is 156 cm³/mol. The molecule has 0 aromatic heterocycles. The number of hydrogen-bond acceptors (Lipinski definition) is 4. The monoisotopic (exact) mass is 666 g/mol. The van der Waals surface area contributed by atoms with Crippen LogP contribution in [0.1, 0.15) is 43.0 Å². The van der Waals surface area contributed by atoms with E-state index >= 15 is 0 Å². The second-order valence-electron chi connectivity index (χ2n) is 8.27. The number of rotatable bonds is 2. The molecule has 0 atom stereocenters. The molecule has 14 heteroatoms. The van der Waals surface area contributed by atoms with Crippen molar-refractivity contribution in [3.05, 3.63) is 85.7 Å². The highest BCUT2D eigenvalue weighted by atomic mass is 35.5. The summed E-state index contributed by atoms with van der Waals surface area (Å²) in [5, 5.41) is 5.38. The Labute approximate surface area is 255 Å². The van der Waals surface area contributed by atoms with Gasteiger partial charge in [-0.3, -0.25) is 9.59 Å². The van der Waals surface area contributed by atoms with Crippen molar-refractivity contribution >= 4 is 128 Å². The van der Waals surface area contributed by atoms with Gasteiger partial charge in [-0.2, -0.15) is 0 Å². The molecule has 2 heterocycles. The van der Waals surface area contributed by atoms with E-state index in [1.165, 1.54) is 0 Å². The van der Waals surface area contributed by atoms with E-state index in [4.69, 9.17) is 92.8 Å². The maximum Gasteiger partial charge on any atom is 0.259 e. The third kappa shape index (κ3) is 4.27. The Balaban J connectivity index is 1.61. The largest absolute Gasteiger partial charge is 0.306 e. The van der Waals surface area contributed by atoms with Crippen molar-refractivity contribution in [2.24, 2.45) is 9.98 Å². The summed E-state index contributed by atoms with van der Waals surface area (Å²) in [6, 6.07) is 3.50. The van der Waals surface area contributed by atoms with Gasteiger partial charge in [0.25, 0.3) is 11.8 Å². The van der Waals surface area contributed by atoms with Crippen LogP contribution in [0.15, 0.2) is 22.1 Å². The Morgan fingerprint density at radius 1 is 0.500 bits per heavy atom. The molecule has 2 aliphatic rings. The quantitative estimate of drug-likeness (QED) is 0.211. The van der Waals surface area contributed by atoms with Crippen LogP contribution in [0.4, 0.5) is 11.4 Å². The number of nitrogens with one attached hydrogen (secondary N) is 2. The Morgan fingerprint density at radius 2 is 0.789 bits per heavy atom. The Morgan fingerprint density at radius 3 is 1.11 bits per heavy atom. The standard InChI is InChI=1S/C24H10Cl8N4O2/c1-5-3-8(34-22-10-12(24(38)36-22)16(28)20(32)18(30)14(10)26)6(2)4-7(5)33-21-9-11(23(37)35-21)15(27)19(31)17(29)13(9)25/h3-4H,1-2H3,(H,33,35,37)(H,34,36,38). The van der Waals surface area contributed by atoms with Crippen LogP contribution in [-0.2, 0) is 0 Å². The summed E-state index contributed by atoms with van der Waals surface area (Å²) >= 11 is 49.9. The summed E-state index contributed by atoms with van der Waals surface area (Å²) in [6.45, 7) is 3.59. The van der Waals surface area contributed by atoms with E-state index in [0.717, 1.165) is 0 Å². The molecule has 0 aliphatic carbocycles. The zero-order valence-electron chi connectivity index (χ0n) is 18.9. The molecule has 6 nitrogen and oxygen atoms in total. The first-order valence-electron chi connectivity index (χ1n) is 10.5. The number of hydrogen-bond donors (Lipinski definition) is 2. The second kappa shape index (κ2) is 10.0. The lowest BCUT2D eigenvalue weighted by molar-refractivity contribution is 0.0975. The van der Waals surface area contributed by atoms with Gasteiger partial charge in [0, 0.05) is 0 Å². The van der Waals surface area contributed by atoms with Crippen molar-refractivity contribution in [3.63, 3.8) is 0 Å². The van der Waals surface area contributed by atoms with E-state index in [1.54, 1.807) is 26.0 Å². The average Bonchev–Trinajstić information content (AvgIpc) is 3.37. The number of aliphatic imine (C=N–C) groups is 2. The molecule has 0 bridgehead atoms. The summed E-state index contributed by atoms with van der Waals surface area (Å²) in [4.78, 5) is 34.4. The molecule has 0 saturated heterocycles. The van der Waals surface area contributed by atoms with Crippen LogP contribution in [0.3, 0.4) is 0 Å². The van der Waals surface area contributed by atoms with Crippen molar-refractivity contribution in [3.8, 4) is 0 Å². The molecule has 2 amide bonds. The van der Waals surface area contributed by atoms with Crippen LogP contribution in [0.5, 0.6) is 0 Å². The lowest BCUT2D eigenvalue weighted by Crippen LogP contribution is -2.21. The molecule has 38 heavy (non-hydrogen) atoms. The van der Waals surface area contributed by atoms with Crippen LogP contribution in [0.25, 0.3) is 0 Å². The zero-order valence-corrected chi connectivity index (χ0v) is 24.9. The second-order valence-corrected chi connectivity index (χ2v) is 11.3. The number of fused-ring (bicyclic) bond motifs is 2. The third-order valence-corrected chi connectivity index (χ3v) is 9.51. The molecule has 5 rings (SSSR count). The van der Waals surface area contributed by atoms with Gasteiger partial charge in [-0.25, -0.2) is 9.98 Å². The molecule has 2 aliphatic heterocycles. The van der Waals surface area contributed by atoms with E-state index in [0.29, 0.717) is 22.5 Å². The topological polar surface area (TPSA) is 82.9 Å². The van der Waals surface area contributed by atoms with Gasteiger partial charge in [0.15, 0.2) is 0 Å². The van der Waals surface area contributed by atoms with Gasteiger partial charge in [0.2, 0.25) is 0 Å². The van der Waals surface area contributed by atoms with Crippen molar-refractivity contribution < 1.29 is 9.59 Å². The summed E-state index contributed by atoms with van der Waals surface area (Å²) in [5.41, 5.74) is 3.10. The molecular weight excluding hydrogens is 660 g/mol. The minimum atomic E-state index is -0.508. The number of carbonyl (C=O) groups is 2. The van der Waals surface area contributed by atoms with Gasteiger partial charge in [-0.1, -0.05) is 92.8 Å². The van der Waals surface area contributed by atoms with E-state index < -0.39 is 11.8 Å². The fourth-order valence-corrected chi connectivity index (χ4v) is 6.09. The van der Waals surface area contributed by atoms with Gasteiger partial charge in [-0.05, 0) is 37.1 Å². The van der Waals surface area contributed by atoms with Gasteiger partial charge < -0.3 is 10.6 Å². The molecule has 0 saturated carbocycles. The molecule has 0 spiro atoms. The molecule has 3 aromatic carbocycles. The normalized spacial score (nSPS) is 16.3. The molecule has 3 aromatic rings. The van der Waals surface area contributed by atoms with E-state index in [-0.39, 0.29) is 74.1 Å². The van der Waals surface area contributed by atoms with Crippen molar-refractivity contribution in [2.75, 3.05) is 0 Å². The number of carbonyl (C=O) groups excluding carboxylic acids is 2. The number of nitrogens with zero attached hydrogens (tertiary/aromatic N) is 2. The summed E-state index contributed by atoms with van der Waals surface area (Å²) in [7, 11) is 0. The first-order chi connectivity index (χ1) is 17.8. The first-order valence-corrected chi connectivity index (χ1v) is 13.5. The number of amidine groups is 2. The van der Waals surface area contributed by atoms with Gasteiger partial charge in [0.1, 0.15) is 11.7 Å². The lowest BCUT2D eigenvalue weighted by atomic mass is 10.1.